The van der Waals surface area contributed by atoms with Gasteiger partial charge in [-0.15, -0.1) is 0 Å². The monoisotopic (exact) mass is 194 g/mol. The van der Waals surface area contributed by atoms with Crippen LogP contribution in [0.2, 0.25) is 0 Å². The van der Waals surface area contributed by atoms with Gasteiger partial charge in [-0.3, -0.25) is 0 Å². The summed E-state index contributed by atoms with van der Waals surface area (Å²) >= 11 is 0. The fraction of sp³-hybridized carbons (Fsp3) is 0.417. The van der Waals surface area contributed by atoms with Crippen LogP contribution in [0.15, 0.2) is 35.5 Å². The normalized spacial score (nSPS) is 13.4. The van der Waals surface area contributed by atoms with Gasteiger partial charge in [0.15, 0.2) is 0 Å². The number of carbonyl (C=O) groups excluding carboxylic acids is 1. The van der Waals surface area contributed by atoms with Gasteiger partial charge >= 0.3 is 5.97 Å². The Hall–Kier alpha value is -1.31. The molecule has 0 aromatic carbocycles. The molecule has 0 amide bonds. The summed E-state index contributed by atoms with van der Waals surface area (Å²) in [7, 11) is 0. The van der Waals surface area contributed by atoms with E-state index in [4.69, 9.17) is 4.74 Å². The Balaban J connectivity index is 4.66. The summed E-state index contributed by atoms with van der Waals surface area (Å²) in [5.74, 6) is -0.256. The quantitative estimate of drug-likeness (QED) is 0.390. The molecule has 0 spiro atoms. The van der Waals surface area contributed by atoms with Crippen molar-refractivity contribution in [2.75, 3.05) is 6.61 Å². The Morgan fingerprint density at radius 2 is 2.00 bits per heavy atom. The molecule has 0 saturated heterocycles. The topological polar surface area (TPSA) is 26.3 Å². The van der Waals surface area contributed by atoms with Crippen LogP contribution in [0, 0.1) is 0 Å². The Kier molecular flexibility index (Phi) is 6.46. The first-order valence-corrected chi connectivity index (χ1v) is 4.80. The fourth-order valence-corrected chi connectivity index (χ4v) is 1.05. The van der Waals surface area contributed by atoms with Crippen LogP contribution >= 0.6 is 0 Å². The van der Waals surface area contributed by atoms with Gasteiger partial charge in [-0.05, 0) is 33.3 Å². The smallest absolute Gasteiger partial charge is 0.338 e. The van der Waals surface area contributed by atoms with E-state index in [0.717, 1.165) is 5.57 Å². The van der Waals surface area contributed by atoms with Crippen molar-refractivity contribution in [3.63, 3.8) is 0 Å². The maximum atomic E-state index is 11.4. The fourth-order valence-electron chi connectivity index (χ4n) is 1.05. The standard InChI is InChI=1S/C12H18O2/c1-5-8-9-10(4)11(6-2)12(13)14-7-3/h5-6,8-9H,7H2,1-4H3/b8-5-,10-9-,11-6+. The van der Waals surface area contributed by atoms with E-state index in [2.05, 4.69) is 0 Å². The minimum Gasteiger partial charge on any atom is -0.462 e. The molecule has 0 radical (unpaired) electrons. The molecule has 0 aliphatic rings. The molecule has 0 heterocycles. The zero-order valence-electron chi connectivity index (χ0n) is 9.33. The summed E-state index contributed by atoms with van der Waals surface area (Å²) in [5.41, 5.74) is 1.55. The Morgan fingerprint density at radius 3 is 2.43 bits per heavy atom. The van der Waals surface area contributed by atoms with Gasteiger partial charge in [0.1, 0.15) is 0 Å². The van der Waals surface area contributed by atoms with E-state index in [0.29, 0.717) is 12.2 Å². The highest BCUT2D eigenvalue weighted by Gasteiger charge is 2.09. The second kappa shape index (κ2) is 7.13. The molecule has 0 fully saturated rings. The first kappa shape index (κ1) is 12.7. The van der Waals surface area contributed by atoms with E-state index >= 15 is 0 Å². The molecule has 2 nitrogen and oxygen atoms in total. The predicted octanol–water partition coefficient (Wildman–Crippen LogP) is 3.02. The van der Waals surface area contributed by atoms with Gasteiger partial charge in [0.25, 0.3) is 0 Å². The van der Waals surface area contributed by atoms with Crippen molar-refractivity contribution in [1.29, 1.82) is 0 Å². The van der Waals surface area contributed by atoms with Gasteiger partial charge in [-0.1, -0.05) is 24.3 Å². The zero-order valence-corrected chi connectivity index (χ0v) is 9.33. The molecule has 0 bridgehead atoms. The van der Waals surface area contributed by atoms with E-state index in [1.54, 1.807) is 13.0 Å². The second-order valence-corrected chi connectivity index (χ2v) is 2.80. The number of hydrogen-bond acceptors (Lipinski definition) is 2. The van der Waals surface area contributed by atoms with Gasteiger partial charge in [-0.25, -0.2) is 4.79 Å². The van der Waals surface area contributed by atoms with Gasteiger partial charge in [-0.2, -0.15) is 0 Å². The molecule has 0 unspecified atom stereocenters. The van der Waals surface area contributed by atoms with Crippen LogP contribution in [0.1, 0.15) is 27.7 Å². The summed E-state index contributed by atoms with van der Waals surface area (Å²) < 4.78 is 4.92. The second-order valence-electron chi connectivity index (χ2n) is 2.80. The van der Waals surface area contributed by atoms with Crippen molar-refractivity contribution < 1.29 is 9.53 Å². The van der Waals surface area contributed by atoms with E-state index < -0.39 is 0 Å². The molecular weight excluding hydrogens is 176 g/mol. The lowest BCUT2D eigenvalue weighted by molar-refractivity contribution is -0.138. The number of rotatable bonds is 4. The maximum Gasteiger partial charge on any atom is 0.338 e. The van der Waals surface area contributed by atoms with Crippen molar-refractivity contribution in [2.45, 2.75) is 27.7 Å². The van der Waals surface area contributed by atoms with Gasteiger partial charge < -0.3 is 4.74 Å². The largest absolute Gasteiger partial charge is 0.462 e. The first-order valence-electron chi connectivity index (χ1n) is 4.80. The molecule has 0 atom stereocenters. The molecule has 78 valence electrons. The lowest BCUT2D eigenvalue weighted by Crippen LogP contribution is -2.08. The number of allylic oxidation sites excluding steroid dienone is 4. The predicted molar refractivity (Wildman–Crippen MR) is 59.0 cm³/mol. The number of esters is 1. The van der Waals surface area contributed by atoms with Crippen LogP contribution in [-0.4, -0.2) is 12.6 Å². The van der Waals surface area contributed by atoms with Crippen LogP contribution in [0.5, 0.6) is 0 Å². The van der Waals surface area contributed by atoms with Crippen LogP contribution in [-0.2, 0) is 9.53 Å². The van der Waals surface area contributed by atoms with Gasteiger partial charge in [0.2, 0.25) is 0 Å². The number of hydrogen-bond donors (Lipinski definition) is 0. The summed E-state index contributed by atoms with van der Waals surface area (Å²) in [6, 6.07) is 0. The third-order valence-electron chi connectivity index (χ3n) is 1.75. The van der Waals surface area contributed by atoms with E-state index in [-0.39, 0.29) is 5.97 Å². The molecule has 0 saturated carbocycles. The summed E-state index contributed by atoms with van der Waals surface area (Å²) in [6.45, 7) is 7.87. The molecule has 14 heavy (non-hydrogen) atoms. The minimum atomic E-state index is -0.256. The average molecular weight is 194 g/mol. The summed E-state index contributed by atoms with van der Waals surface area (Å²) in [4.78, 5) is 11.4. The van der Waals surface area contributed by atoms with E-state index in [1.807, 2.05) is 39.0 Å². The van der Waals surface area contributed by atoms with Gasteiger partial charge in [0.05, 0.1) is 12.2 Å². The first-order chi connectivity index (χ1) is 6.67. The minimum absolute atomic E-state index is 0.256. The molecule has 0 aromatic rings. The molecule has 0 aromatic heterocycles. The Bertz CT molecular complexity index is 270. The van der Waals surface area contributed by atoms with Gasteiger partial charge in [0, 0.05) is 0 Å². The number of carbonyl (C=O) groups is 1. The van der Waals surface area contributed by atoms with Crippen molar-refractivity contribution in [3.05, 3.63) is 35.5 Å². The lowest BCUT2D eigenvalue weighted by atomic mass is 10.1. The lowest BCUT2D eigenvalue weighted by Gasteiger charge is -2.05. The maximum absolute atomic E-state index is 11.4. The highest BCUT2D eigenvalue weighted by atomic mass is 16.5. The highest BCUT2D eigenvalue weighted by Crippen LogP contribution is 2.11. The molecule has 0 aliphatic carbocycles. The third-order valence-corrected chi connectivity index (χ3v) is 1.75. The summed E-state index contributed by atoms with van der Waals surface area (Å²) in [6.07, 6.45) is 7.49. The van der Waals surface area contributed by atoms with Crippen LogP contribution in [0.25, 0.3) is 0 Å². The van der Waals surface area contributed by atoms with Crippen molar-refractivity contribution >= 4 is 5.97 Å². The van der Waals surface area contributed by atoms with Crippen LogP contribution in [0.3, 0.4) is 0 Å². The number of ether oxygens (including phenoxy) is 1. The van der Waals surface area contributed by atoms with E-state index in [9.17, 15) is 4.79 Å². The van der Waals surface area contributed by atoms with Crippen LogP contribution in [0.4, 0.5) is 0 Å². The Morgan fingerprint density at radius 1 is 1.36 bits per heavy atom. The van der Waals surface area contributed by atoms with E-state index in [1.165, 1.54) is 0 Å². The summed E-state index contributed by atoms with van der Waals surface area (Å²) in [5, 5.41) is 0. The molecule has 0 rings (SSSR count). The zero-order chi connectivity index (χ0) is 11.0. The van der Waals surface area contributed by atoms with Crippen molar-refractivity contribution in [2.24, 2.45) is 0 Å². The average Bonchev–Trinajstić information content (AvgIpc) is 2.16. The van der Waals surface area contributed by atoms with Crippen molar-refractivity contribution in [1.82, 2.24) is 0 Å². The highest BCUT2D eigenvalue weighted by molar-refractivity contribution is 5.93. The Labute approximate surface area is 86.0 Å². The SMILES string of the molecule is C\C=C/C=C(C)\C(=C/C)C(=O)OCC. The molecule has 0 N–H and O–H groups in total. The molecule has 0 aliphatic heterocycles. The molecular formula is C12H18O2. The van der Waals surface area contributed by atoms with Crippen LogP contribution < -0.4 is 0 Å². The molecule has 2 heteroatoms. The van der Waals surface area contributed by atoms with Crippen molar-refractivity contribution in [3.8, 4) is 0 Å². The third kappa shape index (κ3) is 4.08.